The van der Waals surface area contributed by atoms with Crippen LogP contribution in [0.5, 0.6) is 5.75 Å². The number of carbonyl (C=O) groups is 2. The zero-order valence-electron chi connectivity index (χ0n) is 21.6. The van der Waals surface area contributed by atoms with Gasteiger partial charge < -0.3 is 14.4 Å². The van der Waals surface area contributed by atoms with Gasteiger partial charge >= 0.3 is 0 Å². The summed E-state index contributed by atoms with van der Waals surface area (Å²) in [5, 5.41) is 0. The number of rotatable bonds is 7. The lowest BCUT2D eigenvalue weighted by Gasteiger charge is -2.41. The summed E-state index contributed by atoms with van der Waals surface area (Å²) >= 11 is 0. The summed E-state index contributed by atoms with van der Waals surface area (Å²) in [6, 6.07) is 11.1. The van der Waals surface area contributed by atoms with Gasteiger partial charge in [-0.2, -0.15) is 0 Å². The molecule has 1 aromatic heterocycles. The summed E-state index contributed by atoms with van der Waals surface area (Å²) in [6.07, 6.45) is 6.00. The van der Waals surface area contributed by atoms with Gasteiger partial charge in [-0.25, -0.2) is 0 Å². The molecule has 2 aromatic rings. The number of pyridine rings is 1. The molecule has 5 atom stereocenters. The van der Waals surface area contributed by atoms with Crippen LogP contribution in [0.15, 0.2) is 60.1 Å². The molecule has 1 amide bonds. The van der Waals surface area contributed by atoms with Gasteiger partial charge in [-0.15, -0.1) is 0 Å². The summed E-state index contributed by atoms with van der Waals surface area (Å²) in [7, 11) is 0. The number of ether oxygens (including phenoxy) is 2. The van der Waals surface area contributed by atoms with Crippen LogP contribution in [0.2, 0.25) is 0 Å². The Balaban J connectivity index is 1.53. The molecule has 5 unspecified atom stereocenters. The van der Waals surface area contributed by atoms with Crippen molar-refractivity contribution in [2.45, 2.75) is 65.6 Å². The van der Waals surface area contributed by atoms with E-state index in [1.165, 1.54) is 0 Å². The second kappa shape index (κ2) is 10.1. The molecule has 1 aromatic carbocycles. The fourth-order valence-electron chi connectivity index (χ4n) is 6.01. The second-order valence-electron chi connectivity index (χ2n) is 11.2. The first kappa shape index (κ1) is 24.5. The van der Waals surface area contributed by atoms with Crippen LogP contribution in [-0.4, -0.2) is 34.3 Å². The standard InChI is InChI=1S/C30H36N2O4/c1-18(2)10-12-35-23-9-5-8-22(15-23)26-25-27(33)24-14-19(3)13-20(4)28(24)36-29(25)30(34)32(26)17-21-7-6-11-31-16-21/h5-9,11,15-16,18-20,24,26,28H,10,12-14,17H2,1-4H3. The zero-order chi connectivity index (χ0) is 25.4. The van der Waals surface area contributed by atoms with Gasteiger partial charge in [0, 0.05) is 18.9 Å². The number of fused-ring (bicyclic) bond motifs is 1. The predicted octanol–water partition coefficient (Wildman–Crippen LogP) is 5.49. The molecular weight excluding hydrogens is 452 g/mol. The lowest BCUT2D eigenvalue weighted by Crippen LogP contribution is -2.45. The topological polar surface area (TPSA) is 68.7 Å². The van der Waals surface area contributed by atoms with E-state index in [0.29, 0.717) is 30.6 Å². The summed E-state index contributed by atoms with van der Waals surface area (Å²) in [4.78, 5) is 33.8. The van der Waals surface area contributed by atoms with E-state index >= 15 is 0 Å². The van der Waals surface area contributed by atoms with Crippen LogP contribution in [0, 0.1) is 23.7 Å². The number of benzene rings is 1. The van der Waals surface area contributed by atoms with Crippen molar-refractivity contribution < 1.29 is 19.1 Å². The van der Waals surface area contributed by atoms with Crippen molar-refractivity contribution in [2.75, 3.05) is 6.61 Å². The largest absolute Gasteiger partial charge is 0.494 e. The molecule has 190 valence electrons. The molecule has 36 heavy (non-hydrogen) atoms. The smallest absolute Gasteiger partial charge is 0.290 e. The molecule has 5 rings (SSSR count). The number of aromatic nitrogens is 1. The quantitative estimate of drug-likeness (QED) is 0.515. The van der Waals surface area contributed by atoms with Crippen molar-refractivity contribution in [1.29, 1.82) is 0 Å². The molecule has 1 aliphatic carbocycles. The van der Waals surface area contributed by atoms with Crippen molar-refractivity contribution in [3.05, 3.63) is 71.3 Å². The van der Waals surface area contributed by atoms with E-state index in [1.54, 1.807) is 17.3 Å². The number of Topliss-reactive ketones (excluding diaryl/α,β-unsaturated/α-hetero) is 1. The number of carbonyl (C=O) groups excluding carboxylic acids is 2. The number of ketones is 1. The Morgan fingerprint density at radius 2 is 1.97 bits per heavy atom. The van der Waals surface area contributed by atoms with Gasteiger partial charge in [0.2, 0.25) is 0 Å². The van der Waals surface area contributed by atoms with Gasteiger partial charge in [0.05, 0.1) is 24.1 Å². The number of amides is 1. The third kappa shape index (κ3) is 4.65. The monoisotopic (exact) mass is 488 g/mol. The molecule has 2 aliphatic heterocycles. The summed E-state index contributed by atoms with van der Waals surface area (Å²) in [5.74, 6) is 1.86. The van der Waals surface area contributed by atoms with Crippen molar-refractivity contribution in [3.8, 4) is 5.75 Å². The average molecular weight is 489 g/mol. The third-order valence-electron chi connectivity index (χ3n) is 7.74. The number of hydrogen-bond donors (Lipinski definition) is 0. The summed E-state index contributed by atoms with van der Waals surface area (Å²) < 4.78 is 12.4. The maximum atomic E-state index is 14.0. The SMILES string of the molecule is CC(C)CCOc1cccc(C2C3=C(OC4C(C)CC(C)CC4C3=O)C(=O)N2Cc2cccnc2)c1. The van der Waals surface area contributed by atoms with E-state index in [1.807, 2.05) is 36.4 Å². The molecule has 0 spiro atoms. The molecule has 1 saturated carbocycles. The molecule has 0 bridgehead atoms. The van der Waals surface area contributed by atoms with E-state index in [0.717, 1.165) is 36.1 Å². The van der Waals surface area contributed by atoms with Crippen LogP contribution in [-0.2, 0) is 20.9 Å². The lowest BCUT2D eigenvalue weighted by atomic mass is 9.70. The Morgan fingerprint density at radius 3 is 2.72 bits per heavy atom. The summed E-state index contributed by atoms with van der Waals surface area (Å²) in [6.45, 7) is 9.65. The van der Waals surface area contributed by atoms with Gasteiger partial charge in [0.25, 0.3) is 5.91 Å². The maximum Gasteiger partial charge on any atom is 0.290 e. The number of hydrogen-bond acceptors (Lipinski definition) is 5. The van der Waals surface area contributed by atoms with Crippen molar-refractivity contribution in [3.63, 3.8) is 0 Å². The Labute approximate surface area is 213 Å². The maximum absolute atomic E-state index is 14.0. The minimum Gasteiger partial charge on any atom is -0.494 e. The second-order valence-corrected chi connectivity index (χ2v) is 11.2. The van der Waals surface area contributed by atoms with Crippen LogP contribution in [0.4, 0.5) is 0 Å². The van der Waals surface area contributed by atoms with Gasteiger partial charge in [-0.05, 0) is 66.3 Å². The molecule has 0 radical (unpaired) electrons. The van der Waals surface area contributed by atoms with Gasteiger partial charge in [0.1, 0.15) is 11.9 Å². The first-order chi connectivity index (χ1) is 17.3. The minimum atomic E-state index is -0.512. The van der Waals surface area contributed by atoms with Gasteiger partial charge in [-0.1, -0.05) is 45.9 Å². The van der Waals surface area contributed by atoms with Crippen LogP contribution in [0.25, 0.3) is 0 Å². The van der Waals surface area contributed by atoms with Gasteiger partial charge in [0.15, 0.2) is 11.5 Å². The molecule has 3 heterocycles. The van der Waals surface area contributed by atoms with E-state index in [9.17, 15) is 9.59 Å². The predicted molar refractivity (Wildman–Crippen MR) is 137 cm³/mol. The fourth-order valence-corrected chi connectivity index (χ4v) is 6.01. The molecule has 3 aliphatic rings. The van der Waals surface area contributed by atoms with Crippen LogP contribution in [0.3, 0.4) is 0 Å². The van der Waals surface area contributed by atoms with E-state index in [4.69, 9.17) is 9.47 Å². The highest BCUT2D eigenvalue weighted by Crippen LogP contribution is 2.49. The van der Waals surface area contributed by atoms with Gasteiger partial charge in [-0.3, -0.25) is 14.6 Å². The molecule has 0 N–H and O–H groups in total. The Bertz CT molecular complexity index is 1160. The molecular formula is C30H36N2O4. The summed E-state index contributed by atoms with van der Waals surface area (Å²) in [5.41, 5.74) is 2.28. The Kier molecular flexibility index (Phi) is 6.87. The van der Waals surface area contributed by atoms with E-state index in [-0.39, 0.29) is 35.4 Å². The highest BCUT2D eigenvalue weighted by Gasteiger charge is 2.54. The highest BCUT2D eigenvalue weighted by molar-refractivity contribution is 6.11. The van der Waals surface area contributed by atoms with Crippen LogP contribution in [0.1, 0.15) is 64.1 Å². The zero-order valence-corrected chi connectivity index (χ0v) is 21.6. The molecule has 6 nitrogen and oxygen atoms in total. The Morgan fingerprint density at radius 1 is 1.14 bits per heavy atom. The van der Waals surface area contributed by atoms with E-state index < -0.39 is 6.04 Å². The molecule has 6 heteroatoms. The van der Waals surface area contributed by atoms with E-state index in [2.05, 4.69) is 32.7 Å². The normalized spacial score (nSPS) is 27.7. The average Bonchev–Trinajstić information content (AvgIpc) is 3.12. The van der Waals surface area contributed by atoms with Crippen molar-refractivity contribution in [2.24, 2.45) is 23.7 Å². The van der Waals surface area contributed by atoms with Crippen molar-refractivity contribution >= 4 is 11.7 Å². The van der Waals surface area contributed by atoms with Crippen molar-refractivity contribution in [1.82, 2.24) is 9.88 Å². The molecule has 0 saturated heterocycles. The van der Waals surface area contributed by atoms with Crippen LogP contribution < -0.4 is 4.74 Å². The van der Waals surface area contributed by atoms with Crippen LogP contribution >= 0.6 is 0 Å². The Hall–Kier alpha value is -3.15. The molecule has 1 fully saturated rings. The first-order valence-corrected chi connectivity index (χ1v) is 13.2. The highest BCUT2D eigenvalue weighted by atomic mass is 16.5. The minimum absolute atomic E-state index is 0.0674. The number of nitrogens with zero attached hydrogens (tertiary/aromatic N) is 2. The lowest BCUT2D eigenvalue weighted by molar-refractivity contribution is -0.139. The third-order valence-corrected chi connectivity index (χ3v) is 7.74. The first-order valence-electron chi connectivity index (χ1n) is 13.2. The fraction of sp³-hybridized carbons (Fsp3) is 0.500.